The maximum Gasteiger partial charge on any atom is 0.270 e. The van der Waals surface area contributed by atoms with Crippen molar-refractivity contribution >= 4 is 22.8 Å². The molecule has 1 N–H and O–H groups in total. The molecule has 1 saturated heterocycles. The van der Waals surface area contributed by atoms with Crippen molar-refractivity contribution in [3.05, 3.63) is 76.1 Å². The minimum atomic E-state index is -0.477. The van der Waals surface area contributed by atoms with Crippen LogP contribution in [-0.2, 0) is 11.3 Å². The summed E-state index contributed by atoms with van der Waals surface area (Å²) in [7, 11) is 0. The van der Waals surface area contributed by atoms with Gasteiger partial charge in [0.1, 0.15) is 34.7 Å². The van der Waals surface area contributed by atoms with Gasteiger partial charge in [0.2, 0.25) is 5.91 Å². The Balaban J connectivity index is 1.76. The average Bonchev–Trinajstić information content (AvgIpc) is 2.73. The molecular weight excluding hydrogens is 399 g/mol. The molecule has 0 aliphatic carbocycles. The van der Waals surface area contributed by atoms with Crippen LogP contribution in [0.3, 0.4) is 0 Å². The normalized spacial score (nSPS) is 13.5. The molecule has 0 bridgehead atoms. The van der Waals surface area contributed by atoms with Gasteiger partial charge in [0.25, 0.3) is 5.56 Å². The van der Waals surface area contributed by atoms with Crippen molar-refractivity contribution in [1.82, 2.24) is 19.4 Å². The predicted octanol–water partition coefficient (Wildman–Crippen LogP) is 1.97. The van der Waals surface area contributed by atoms with Crippen LogP contribution >= 0.6 is 0 Å². The van der Waals surface area contributed by atoms with Crippen molar-refractivity contribution in [2.75, 3.05) is 18.4 Å². The van der Waals surface area contributed by atoms with Crippen LogP contribution in [0.1, 0.15) is 17.0 Å². The zero-order valence-electron chi connectivity index (χ0n) is 16.8. The number of carbonyl (C=O) groups excluding carboxylic acids is 1. The smallest absolute Gasteiger partial charge is 0.270 e. The lowest BCUT2D eigenvalue weighted by Gasteiger charge is -2.39. The fraction of sp³-hybridized carbons (Fsp3) is 0.227. The molecule has 1 fully saturated rings. The van der Waals surface area contributed by atoms with Gasteiger partial charge in [-0.2, -0.15) is 5.26 Å². The van der Waals surface area contributed by atoms with E-state index in [0.717, 1.165) is 0 Å². The number of hydrogen-bond acceptors (Lipinski definition) is 6. The van der Waals surface area contributed by atoms with Crippen molar-refractivity contribution in [3.8, 4) is 6.07 Å². The van der Waals surface area contributed by atoms with Gasteiger partial charge < -0.3 is 10.2 Å². The number of rotatable bonds is 5. The van der Waals surface area contributed by atoms with E-state index >= 15 is 0 Å². The Kier molecular flexibility index (Phi) is 5.21. The molecule has 1 amide bonds. The van der Waals surface area contributed by atoms with E-state index in [4.69, 9.17) is 0 Å². The number of nitriles is 1. The molecule has 0 saturated carbocycles. The number of benzene rings is 1. The molecule has 9 heteroatoms. The van der Waals surface area contributed by atoms with Crippen molar-refractivity contribution < 1.29 is 9.18 Å². The third-order valence-electron chi connectivity index (χ3n) is 5.14. The lowest BCUT2D eigenvalue weighted by Crippen LogP contribution is -2.56. The molecule has 8 nitrogen and oxygen atoms in total. The molecule has 1 aromatic carbocycles. The fourth-order valence-corrected chi connectivity index (χ4v) is 3.53. The van der Waals surface area contributed by atoms with Gasteiger partial charge in [0.05, 0.1) is 18.0 Å². The topological polar surface area (TPSA) is 104 Å². The summed E-state index contributed by atoms with van der Waals surface area (Å²) in [6.07, 6.45) is 1.27. The number of hydrogen-bond donors (Lipinski definition) is 1. The summed E-state index contributed by atoms with van der Waals surface area (Å²) in [4.78, 5) is 35.1. The number of pyridine rings is 1. The fourth-order valence-electron chi connectivity index (χ4n) is 3.53. The second-order valence-electron chi connectivity index (χ2n) is 7.33. The minimum Gasteiger partial charge on any atom is -0.363 e. The zero-order chi connectivity index (χ0) is 22.1. The van der Waals surface area contributed by atoms with Gasteiger partial charge in [-0.25, -0.2) is 14.4 Å². The number of aryl methyl sites for hydroxylation is 1. The Morgan fingerprint density at radius 2 is 2.06 bits per heavy atom. The summed E-state index contributed by atoms with van der Waals surface area (Å²) in [5.74, 6) is 0.426. The molecule has 156 valence electrons. The number of anilines is 1. The highest BCUT2D eigenvalue weighted by Gasteiger charge is 2.30. The van der Waals surface area contributed by atoms with E-state index in [9.17, 15) is 19.2 Å². The average molecular weight is 418 g/mol. The summed E-state index contributed by atoms with van der Waals surface area (Å²) in [6, 6.07) is 9.19. The van der Waals surface area contributed by atoms with Gasteiger partial charge in [0.15, 0.2) is 0 Å². The highest BCUT2D eigenvalue weighted by atomic mass is 19.1. The zero-order valence-corrected chi connectivity index (χ0v) is 16.8. The Morgan fingerprint density at radius 1 is 1.35 bits per heavy atom. The van der Waals surface area contributed by atoms with Crippen molar-refractivity contribution in [1.29, 1.82) is 5.26 Å². The number of carbonyl (C=O) groups is 1. The molecular formula is C22H19FN6O2. The molecule has 0 radical (unpaired) electrons. The quantitative estimate of drug-likeness (QED) is 0.636. The first kappa shape index (κ1) is 20.2. The molecule has 31 heavy (non-hydrogen) atoms. The Labute approximate surface area is 177 Å². The lowest BCUT2D eigenvalue weighted by atomic mass is 10.1. The van der Waals surface area contributed by atoms with Crippen molar-refractivity contribution in [2.45, 2.75) is 19.5 Å². The van der Waals surface area contributed by atoms with E-state index in [-0.39, 0.29) is 29.9 Å². The van der Waals surface area contributed by atoms with E-state index in [1.165, 1.54) is 28.8 Å². The lowest BCUT2D eigenvalue weighted by molar-refractivity contribution is -0.129. The van der Waals surface area contributed by atoms with Crippen LogP contribution in [0.4, 0.5) is 10.2 Å². The van der Waals surface area contributed by atoms with E-state index in [0.29, 0.717) is 41.3 Å². The summed E-state index contributed by atoms with van der Waals surface area (Å²) >= 11 is 0. The largest absolute Gasteiger partial charge is 0.363 e. The molecule has 0 unspecified atom stereocenters. The van der Waals surface area contributed by atoms with Crippen LogP contribution in [-0.4, -0.2) is 44.5 Å². The number of likely N-dealkylation sites (tertiary alicyclic amines) is 1. The maximum atomic E-state index is 13.3. The van der Waals surface area contributed by atoms with E-state index in [1.54, 1.807) is 24.0 Å². The van der Waals surface area contributed by atoms with Gasteiger partial charge in [-0.05, 0) is 36.8 Å². The summed E-state index contributed by atoms with van der Waals surface area (Å²) < 4.78 is 14.7. The Bertz CT molecular complexity index is 1290. The van der Waals surface area contributed by atoms with E-state index < -0.39 is 5.56 Å². The molecule has 2 aromatic heterocycles. The standard InChI is InChI=1S/C22H19FN6O2/c1-3-19(30)28-11-17(12-28)27-20-18-8-15(9-24)22(31)29(21(18)26-13(2)25-20)10-14-4-6-16(23)7-5-14/h3-8,17H,1,10-12H2,2H3,(H,25,26,27). The van der Waals surface area contributed by atoms with E-state index in [1.807, 2.05) is 6.07 Å². The van der Waals surface area contributed by atoms with E-state index in [2.05, 4.69) is 21.9 Å². The van der Waals surface area contributed by atoms with Crippen LogP contribution in [0.5, 0.6) is 0 Å². The SMILES string of the molecule is C=CC(=O)N1CC(Nc2nc(C)nc3c2cc(C#N)c(=O)n3Cc2ccc(F)cc2)C1. The molecule has 4 rings (SSSR count). The van der Waals surface area contributed by atoms with Crippen LogP contribution in [0, 0.1) is 24.1 Å². The van der Waals surface area contributed by atoms with Crippen LogP contribution < -0.4 is 10.9 Å². The number of nitrogens with zero attached hydrogens (tertiary/aromatic N) is 5. The van der Waals surface area contributed by atoms with Gasteiger partial charge >= 0.3 is 0 Å². The van der Waals surface area contributed by atoms with Gasteiger partial charge in [-0.1, -0.05) is 18.7 Å². The first-order valence-corrected chi connectivity index (χ1v) is 9.64. The maximum absolute atomic E-state index is 13.3. The Morgan fingerprint density at radius 3 is 2.71 bits per heavy atom. The molecule has 1 aliphatic rings. The minimum absolute atomic E-state index is 0.0237. The van der Waals surface area contributed by atoms with Crippen molar-refractivity contribution in [3.63, 3.8) is 0 Å². The number of nitrogens with one attached hydrogen (secondary N) is 1. The van der Waals surface area contributed by atoms with Gasteiger partial charge in [-0.3, -0.25) is 14.2 Å². The number of halogens is 1. The second kappa shape index (κ2) is 7.99. The van der Waals surface area contributed by atoms with Crippen LogP contribution in [0.15, 0.2) is 47.8 Å². The molecule has 0 spiro atoms. The first-order chi connectivity index (χ1) is 14.9. The first-order valence-electron chi connectivity index (χ1n) is 9.64. The highest BCUT2D eigenvalue weighted by Crippen LogP contribution is 2.24. The third kappa shape index (κ3) is 3.88. The number of amides is 1. The number of aromatic nitrogens is 3. The number of fused-ring (bicyclic) bond motifs is 1. The molecule has 3 aromatic rings. The summed E-state index contributed by atoms with van der Waals surface area (Å²) in [5.41, 5.74) is 0.557. The summed E-state index contributed by atoms with van der Waals surface area (Å²) in [6.45, 7) is 6.32. The van der Waals surface area contributed by atoms with Crippen LogP contribution in [0.25, 0.3) is 11.0 Å². The Hall–Kier alpha value is -4.06. The third-order valence-corrected chi connectivity index (χ3v) is 5.14. The van der Waals surface area contributed by atoms with Crippen molar-refractivity contribution in [2.24, 2.45) is 0 Å². The summed E-state index contributed by atoms with van der Waals surface area (Å²) in [5, 5.41) is 13.3. The van der Waals surface area contributed by atoms with Gasteiger partial charge in [-0.15, -0.1) is 0 Å². The monoisotopic (exact) mass is 418 g/mol. The molecule has 1 aliphatic heterocycles. The van der Waals surface area contributed by atoms with Gasteiger partial charge in [0, 0.05) is 13.1 Å². The molecule has 3 heterocycles. The second-order valence-corrected chi connectivity index (χ2v) is 7.33. The highest BCUT2D eigenvalue weighted by molar-refractivity contribution is 5.89. The molecule has 0 atom stereocenters. The van der Waals surface area contributed by atoms with Crippen LogP contribution in [0.2, 0.25) is 0 Å². The predicted molar refractivity (Wildman–Crippen MR) is 113 cm³/mol.